The summed E-state index contributed by atoms with van der Waals surface area (Å²) in [6, 6.07) is 10.1. The minimum atomic E-state index is 0.468. The van der Waals surface area contributed by atoms with Crippen molar-refractivity contribution in [3.8, 4) is 0 Å². The molecule has 0 heterocycles. The van der Waals surface area contributed by atoms with Crippen LogP contribution in [0.4, 0.5) is 0 Å². The molecule has 2 rings (SSSR count). The van der Waals surface area contributed by atoms with Crippen molar-refractivity contribution in [1.29, 1.82) is 0 Å². The van der Waals surface area contributed by atoms with Crippen molar-refractivity contribution in [3.63, 3.8) is 0 Å². The summed E-state index contributed by atoms with van der Waals surface area (Å²) in [7, 11) is 0. The van der Waals surface area contributed by atoms with Gasteiger partial charge in [-0.25, -0.2) is 0 Å². The van der Waals surface area contributed by atoms with Crippen molar-refractivity contribution >= 4 is 0 Å². The van der Waals surface area contributed by atoms with E-state index in [9.17, 15) is 0 Å². The molecule has 1 nitrogen and oxygen atoms in total. The molecule has 106 valence electrons. The maximum Gasteiger partial charge on any atom is 0.0294 e. The molecule has 1 N–H and O–H groups in total. The molecule has 1 saturated carbocycles. The van der Waals surface area contributed by atoms with Crippen LogP contribution in [0.25, 0.3) is 0 Å². The lowest BCUT2D eigenvalue weighted by atomic mass is 9.79. The van der Waals surface area contributed by atoms with Gasteiger partial charge in [0.05, 0.1) is 0 Å². The molecule has 0 aromatic heterocycles. The van der Waals surface area contributed by atoms with Crippen LogP contribution in [-0.4, -0.2) is 6.04 Å². The fourth-order valence-corrected chi connectivity index (χ4v) is 3.37. The molecule has 0 saturated heterocycles. The highest BCUT2D eigenvalue weighted by Crippen LogP contribution is 2.31. The standard InChI is InChI=1S/C18H29N/c1-13(2)16-8-6-10-18(12-16)19-15(4)17-9-5-7-14(3)11-17/h5,7,9,11,13,15-16,18-19H,6,8,10,12H2,1-4H3/t15-,16?,18?/m1/s1. The summed E-state index contributed by atoms with van der Waals surface area (Å²) in [5, 5.41) is 3.85. The van der Waals surface area contributed by atoms with Gasteiger partial charge in [0.25, 0.3) is 0 Å². The van der Waals surface area contributed by atoms with Crippen molar-refractivity contribution in [2.24, 2.45) is 11.8 Å². The second-order valence-corrected chi connectivity index (χ2v) is 6.67. The molecule has 1 aliphatic carbocycles. The van der Waals surface area contributed by atoms with Gasteiger partial charge in [0.1, 0.15) is 0 Å². The molecule has 0 amide bonds. The Morgan fingerprint density at radius 2 is 1.95 bits per heavy atom. The van der Waals surface area contributed by atoms with Gasteiger partial charge in [-0.15, -0.1) is 0 Å². The summed E-state index contributed by atoms with van der Waals surface area (Å²) in [6.07, 6.45) is 5.52. The highest BCUT2D eigenvalue weighted by atomic mass is 14.9. The van der Waals surface area contributed by atoms with Crippen LogP contribution in [0.2, 0.25) is 0 Å². The molecule has 3 atom stereocenters. The van der Waals surface area contributed by atoms with Gasteiger partial charge in [-0.2, -0.15) is 0 Å². The molecule has 1 aliphatic rings. The van der Waals surface area contributed by atoms with Crippen molar-refractivity contribution in [1.82, 2.24) is 5.32 Å². The van der Waals surface area contributed by atoms with Gasteiger partial charge >= 0.3 is 0 Å². The van der Waals surface area contributed by atoms with Gasteiger partial charge in [-0.3, -0.25) is 0 Å². The quantitative estimate of drug-likeness (QED) is 0.814. The van der Waals surface area contributed by atoms with E-state index >= 15 is 0 Å². The Hall–Kier alpha value is -0.820. The van der Waals surface area contributed by atoms with Gasteiger partial charge in [-0.1, -0.05) is 56.5 Å². The number of hydrogen-bond acceptors (Lipinski definition) is 1. The van der Waals surface area contributed by atoms with Crippen LogP contribution in [0.5, 0.6) is 0 Å². The largest absolute Gasteiger partial charge is 0.307 e. The van der Waals surface area contributed by atoms with Gasteiger partial charge in [0, 0.05) is 12.1 Å². The summed E-state index contributed by atoms with van der Waals surface area (Å²) >= 11 is 0. The first-order valence-electron chi connectivity index (χ1n) is 7.89. The molecule has 19 heavy (non-hydrogen) atoms. The highest BCUT2D eigenvalue weighted by Gasteiger charge is 2.25. The third-order valence-corrected chi connectivity index (χ3v) is 4.69. The predicted molar refractivity (Wildman–Crippen MR) is 83.3 cm³/mol. The normalized spacial score (nSPS) is 25.5. The van der Waals surface area contributed by atoms with E-state index in [1.165, 1.54) is 36.8 Å². The van der Waals surface area contributed by atoms with Crippen molar-refractivity contribution < 1.29 is 0 Å². The average molecular weight is 259 g/mol. The van der Waals surface area contributed by atoms with Crippen LogP contribution < -0.4 is 5.32 Å². The van der Waals surface area contributed by atoms with Crippen LogP contribution in [0.1, 0.15) is 63.6 Å². The Morgan fingerprint density at radius 3 is 2.63 bits per heavy atom. The zero-order chi connectivity index (χ0) is 13.8. The van der Waals surface area contributed by atoms with E-state index in [1.54, 1.807) is 0 Å². The lowest BCUT2D eigenvalue weighted by molar-refractivity contribution is 0.223. The van der Waals surface area contributed by atoms with Crippen LogP contribution in [-0.2, 0) is 0 Å². The van der Waals surface area contributed by atoms with Crippen LogP contribution in [0.3, 0.4) is 0 Å². The van der Waals surface area contributed by atoms with E-state index in [2.05, 4.69) is 57.3 Å². The minimum Gasteiger partial charge on any atom is -0.307 e. The first-order chi connectivity index (χ1) is 9.06. The Balaban J connectivity index is 1.93. The van der Waals surface area contributed by atoms with Gasteiger partial charge in [0.2, 0.25) is 0 Å². The molecule has 0 aliphatic heterocycles. The summed E-state index contributed by atoms with van der Waals surface area (Å²) in [5.41, 5.74) is 2.78. The number of benzene rings is 1. The third-order valence-electron chi connectivity index (χ3n) is 4.69. The Kier molecular flexibility index (Phi) is 5.04. The Morgan fingerprint density at radius 1 is 1.16 bits per heavy atom. The van der Waals surface area contributed by atoms with Gasteiger partial charge in [-0.05, 0) is 44.1 Å². The second kappa shape index (κ2) is 6.56. The number of hydrogen-bond donors (Lipinski definition) is 1. The van der Waals surface area contributed by atoms with Crippen LogP contribution >= 0.6 is 0 Å². The van der Waals surface area contributed by atoms with E-state index in [4.69, 9.17) is 0 Å². The fourth-order valence-electron chi connectivity index (χ4n) is 3.37. The number of nitrogens with one attached hydrogen (secondary N) is 1. The van der Waals surface area contributed by atoms with Crippen LogP contribution in [0, 0.1) is 18.8 Å². The Bertz CT molecular complexity index is 396. The maximum atomic E-state index is 3.85. The van der Waals surface area contributed by atoms with Crippen molar-refractivity contribution in [3.05, 3.63) is 35.4 Å². The molecule has 2 unspecified atom stereocenters. The lowest BCUT2D eigenvalue weighted by Crippen LogP contribution is -2.37. The minimum absolute atomic E-state index is 0.468. The summed E-state index contributed by atoms with van der Waals surface area (Å²) in [4.78, 5) is 0. The molecule has 1 aromatic carbocycles. The SMILES string of the molecule is Cc1cccc([C@@H](C)NC2CCCC(C(C)C)C2)c1. The molecular formula is C18H29N. The van der Waals surface area contributed by atoms with E-state index in [1.807, 2.05) is 0 Å². The fraction of sp³-hybridized carbons (Fsp3) is 0.667. The first kappa shape index (κ1) is 14.6. The molecule has 1 heteroatoms. The average Bonchev–Trinajstić information content (AvgIpc) is 2.39. The summed E-state index contributed by atoms with van der Waals surface area (Å²) < 4.78 is 0. The van der Waals surface area contributed by atoms with E-state index in [0.717, 1.165) is 11.8 Å². The third kappa shape index (κ3) is 4.07. The number of aryl methyl sites for hydroxylation is 1. The predicted octanol–water partition coefficient (Wildman–Crippen LogP) is 4.86. The first-order valence-corrected chi connectivity index (χ1v) is 7.89. The lowest BCUT2D eigenvalue weighted by Gasteiger charge is -2.34. The molecule has 0 bridgehead atoms. The van der Waals surface area contributed by atoms with Gasteiger partial charge in [0.15, 0.2) is 0 Å². The van der Waals surface area contributed by atoms with Crippen molar-refractivity contribution in [2.45, 2.75) is 65.5 Å². The Labute approximate surface area is 118 Å². The smallest absolute Gasteiger partial charge is 0.0294 e. The van der Waals surface area contributed by atoms with E-state index in [0.29, 0.717) is 12.1 Å². The second-order valence-electron chi connectivity index (χ2n) is 6.67. The molecule has 0 radical (unpaired) electrons. The van der Waals surface area contributed by atoms with Crippen LogP contribution in [0.15, 0.2) is 24.3 Å². The topological polar surface area (TPSA) is 12.0 Å². The number of rotatable bonds is 4. The van der Waals surface area contributed by atoms with Gasteiger partial charge < -0.3 is 5.32 Å². The monoisotopic (exact) mass is 259 g/mol. The molecule has 0 spiro atoms. The zero-order valence-corrected chi connectivity index (χ0v) is 12.9. The summed E-state index contributed by atoms with van der Waals surface area (Å²) in [5.74, 6) is 1.75. The zero-order valence-electron chi connectivity index (χ0n) is 12.9. The molecule has 1 aromatic rings. The molecular weight excluding hydrogens is 230 g/mol. The maximum absolute atomic E-state index is 3.85. The summed E-state index contributed by atoms with van der Waals surface area (Å²) in [6.45, 7) is 9.22. The highest BCUT2D eigenvalue weighted by molar-refractivity contribution is 5.24. The molecule has 1 fully saturated rings. The van der Waals surface area contributed by atoms with E-state index < -0.39 is 0 Å². The van der Waals surface area contributed by atoms with Crippen molar-refractivity contribution in [2.75, 3.05) is 0 Å². The van der Waals surface area contributed by atoms with E-state index in [-0.39, 0.29) is 0 Å².